The highest BCUT2D eigenvalue weighted by Crippen LogP contribution is 2.30. The molecule has 7 heteroatoms. The summed E-state index contributed by atoms with van der Waals surface area (Å²) in [6.07, 6.45) is 4.20. The van der Waals surface area contributed by atoms with Gasteiger partial charge in [0.05, 0.1) is 15.5 Å². The number of nitrogens with one attached hydrogen (secondary N) is 1. The van der Waals surface area contributed by atoms with Gasteiger partial charge in [-0.05, 0) is 41.6 Å². The molecule has 1 aromatic carbocycles. The van der Waals surface area contributed by atoms with Crippen molar-refractivity contribution in [2.45, 2.75) is 31.8 Å². The number of rotatable bonds is 5. The summed E-state index contributed by atoms with van der Waals surface area (Å²) >= 11 is 2.95. The smallest absolute Gasteiger partial charge is 0.293 e. The van der Waals surface area contributed by atoms with E-state index in [0.717, 1.165) is 38.4 Å². The van der Waals surface area contributed by atoms with Crippen LogP contribution >= 0.6 is 15.9 Å². The average molecular weight is 347 g/mol. The third-order valence-corrected chi connectivity index (χ3v) is 3.90. The predicted octanol–water partition coefficient (Wildman–Crippen LogP) is 3.87. The molecule has 1 aliphatic rings. The molecule has 110 valence electrons. The van der Waals surface area contributed by atoms with E-state index in [2.05, 4.69) is 21.2 Å². The maximum absolute atomic E-state index is 13.5. The van der Waals surface area contributed by atoms with Gasteiger partial charge in [-0.15, -0.1) is 0 Å². The van der Waals surface area contributed by atoms with Gasteiger partial charge in [0.25, 0.3) is 5.69 Å². The molecule has 0 spiro atoms. The number of nitro groups is 1. The molecule has 1 N–H and O–H groups in total. The van der Waals surface area contributed by atoms with E-state index in [1.165, 1.54) is 6.07 Å². The fourth-order valence-corrected chi connectivity index (χ4v) is 2.56. The third kappa shape index (κ3) is 3.89. The average Bonchev–Trinajstić information content (AvgIpc) is 2.43. The van der Waals surface area contributed by atoms with Crippen molar-refractivity contribution >= 4 is 27.3 Å². The Balaban J connectivity index is 1.97. The van der Waals surface area contributed by atoms with Crippen LogP contribution in [0.5, 0.6) is 0 Å². The molecule has 1 saturated heterocycles. The van der Waals surface area contributed by atoms with E-state index < -0.39 is 10.7 Å². The molecule has 0 amide bonds. The van der Waals surface area contributed by atoms with E-state index in [1.807, 2.05) is 0 Å². The third-order valence-electron chi connectivity index (χ3n) is 3.29. The highest BCUT2D eigenvalue weighted by molar-refractivity contribution is 9.10. The lowest BCUT2D eigenvalue weighted by Gasteiger charge is -2.22. The SMILES string of the molecule is O=[N+]([O-])c1cc(Br)c(F)cc1NCCC1CCCCO1. The summed E-state index contributed by atoms with van der Waals surface area (Å²) in [5.41, 5.74) is 0.0642. The number of ether oxygens (including phenoxy) is 1. The maximum Gasteiger partial charge on any atom is 0.293 e. The first-order valence-electron chi connectivity index (χ1n) is 6.57. The first kappa shape index (κ1) is 15.2. The van der Waals surface area contributed by atoms with Crippen LogP contribution in [0.3, 0.4) is 0 Å². The number of hydrogen-bond acceptors (Lipinski definition) is 4. The minimum absolute atomic E-state index is 0.0883. The standard InChI is InChI=1S/C13H16BrFN2O3/c14-10-7-13(17(18)19)12(8-11(10)15)16-5-4-9-3-1-2-6-20-9/h7-9,16H,1-6H2. The van der Waals surface area contributed by atoms with Crippen molar-refractivity contribution in [1.29, 1.82) is 0 Å². The van der Waals surface area contributed by atoms with Crippen LogP contribution in [0.25, 0.3) is 0 Å². The van der Waals surface area contributed by atoms with E-state index >= 15 is 0 Å². The van der Waals surface area contributed by atoms with E-state index in [-0.39, 0.29) is 22.0 Å². The van der Waals surface area contributed by atoms with Gasteiger partial charge in [0.15, 0.2) is 0 Å². The van der Waals surface area contributed by atoms with Gasteiger partial charge < -0.3 is 10.1 Å². The zero-order valence-corrected chi connectivity index (χ0v) is 12.5. The van der Waals surface area contributed by atoms with Gasteiger partial charge in [-0.25, -0.2) is 4.39 Å². The fraction of sp³-hybridized carbons (Fsp3) is 0.538. The van der Waals surface area contributed by atoms with Crippen molar-refractivity contribution in [3.8, 4) is 0 Å². The van der Waals surface area contributed by atoms with Crippen molar-refractivity contribution in [1.82, 2.24) is 0 Å². The second kappa shape index (κ2) is 6.99. The molecule has 0 aromatic heterocycles. The Kier molecular flexibility index (Phi) is 5.31. The number of halogens is 2. The number of benzene rings is 1. The van der Waals surface area contributed by atoms with Gasteiger partial charge >= 0.3 is 0 Å². The van der Waals surface area contributed by atoms with E-state index in [1.54, 1.807) is 0 Å². The van der Waals surface area contributed by atoms with Crippen LogP contribution in [0.15, 0.2) is 16.6 Å². The lowest BCUT2D eigenvalue weighted by Crippen LogP contribution is -2.22. The summed E-state index contributed by atoms with van der Waals surface area (Å²) in [6, 6.07) is 2.32. The fourth-order valence-electron chi connectivity index (χ4n) is 2.23. The summed E-state index contributed by atoms with van der Waals surface area (Å²) < 4.78 is 19.1. The maximum atomic E-state index is 13.5. The topological polar surface area (TPSA) is 64.4 Å². The molecule has 0 aliphatic carbocycles. The monoisotopic (exact) mass is 346 g/mol. The van der Waals surface area contributed by atoms with Crippen molar-refractivity contribution in [3.63, 3.8) is 0 Å². The molecule has 5 nitrogen and oxygen atoms in total. The van der Waals surface area contributed by atoms with Gasteiger partial charge in [0.2, 0.25) is 0 Å². The predicted molar refractivity (Wildman–Crippen MR) is 77.5 cm³/mol. The van der Waals surface area contributed by atoms with Crippen molar-refractivity contribution in [2.24, 2.45) is 0 Å². The quantitative estimate of drug-likeness (QED) is 0.649. The zero-order chi connectivity index (χ0) is 14.5. The molecular weight excluding hydrogens is 331 g/mol. The van der Waals surface area contributed by atoms with Gasteiger partial charge in [-0.1, -0.05) is 0 Å². The number of nitrogens with zero attached hydrogens (tertiary/aromatic N) is 1. The normalized spacial score (nSPS) is 18.8. The molecule has 2 rings (SSSR count). The van der Waals surface area contributed by atoms with Crippen molar-refractivity contribution in [2.75, 3.05) is 18.5 Å². The Labute approximate surface area is 124 Å². The van der Waals surface area contributed by atoms with Crippen LogP contribution < -0.4 is 5.32 Å². The number of nitro benzene ring substituents is 1. The van der Waals surface area contributed by atoms with E-state index in [0.29, 0.717) is 6.54 Å². The van der Waals surface area contributed by atoms with Gasteiger partial charge in [-0.3, -0.25) is 10.1 Å². The lowest BCUT2D eigenvalue weighted by atomic mass is 10.1. The molecular formula is C13H16BrFN2O3. The molecule has 1 aliphatic heterocycles. The minimum Gasteiger partial charge on any atom is -0.379 e. The molecule has 20 heavy (non-hydrogen) atoms. The molecule has 0 saturated carbocycles. The second-order valence-corrected chi connectivity index (χ2v) is 5.60. The van der Waals surface area contributed by atoms with Crippen molar-refractivity contribution < 1.29 is 14.1 Å². The Bertz CT molecular complexity index is 493. The number of anilines is 1. The summed E-state index contributed by atoms with van der Waals surface area (Å²) in [5, 5.41) is 13.9. The molecule has 0 bridgehead atoms. The largest absolute Gasteiger partial charge is 0.379 e. The Hall–Kier alpha value is -1.21. The highest BCUT2D eigenvalue weighted by Gasteiger charge is 2.18. The summed E-state index contributed by atoms with van der Waals surface area (Å²) in [6.45, 7) is 1.30. The van der Waals surface area contributed by atoms with Gasteiger partial charge in [-0.2, -0.15) is 0 Å². The molecule has 0 radical (unpaired) electrons. The van der Waals surface area contributed by atoms with Crippen LogP contribution in [-0.2, 0) is 4.74 Å². The Morgan fingerprint density at radius 1 is 1.50 bits per heavy atom. The minimum atomic E-state index is -0.524. The summed E-state index contributed by atoms with van der Waals surface area (Å²) in [4.78, 5) is 10.4. The lowest BCUT2D eigenvalue weighted by molar-refractivity contribution is -0.384. The highest BCUT2D eigenvalue weighted by atomic mass is 79.9. The molecule has 1 unspecified atom stereocenters. The second-order valence-electron chi connectivity index (χ2n) is 4.74. The van der Waals surface area contributed by atoms with E-state index in [4.69, 9.17) is 4.74 Å². The van der Waals surface area contributed by atoms with Gasteiger partial charge in [0, 0.05) is 25.3 Å². The molecule has 1 heterocycles. The number of hydrogen-bond donors (Lipinski definition) is 1. The first-order valence-corrected chi connectivity index (χ1v) is 7.36. The van der Waals surface area contributed by atoms with Gasteiger partial charge in [0.1, 0.15) is 11.5 Å². The van der Waals surface area contributed by atoms with Crippen LogP contribution in [-0.4, -0.2) is 24.2 Å². The molecule has 1 aromatic rings. The zero-order valence-electron chi connectivity index (χ0n) is 10.9. The first-order chi connectivity index (χ1) is 9.58. The van der Waals surface area contributed by atoms with Crippen LogP contribution in [0, 0.1) is 15.9 Å². The van der Waals surface area contributed by atoms with Crippen LogP contribution in [0.1, 0.15) is 25.7 Å². The molecule has 1 atom stereocenters. The Morgan fingerprint density at radius 3 is 2.95 bits per heavy atom. The van der Waals surface area contributed by atoms with E-state index in [9.17, 15) is 14.5 Å². The Morgan fingerprint density at radius 2 is 2.30 bits per heavy atom. The van der Waals surface area contributed by atoms with Crippen molar-refractivity contribution in [3.05, 3.63) is 32.5 Å². The summed E-state index contributed by atoms with van der Waals surface area (Å²) in [5.74, 6) is -0.521. The summed E-state index contributed by atoms with van der Waals surface area (Å²) in [7, 11) is 0. The van der Waals surface area contributed by atoms with Crippen LogP contribution in [0.2, 0.25) is 0 Å². The van der Waals surface area contributed by atoms with Crippen LogP contribution in [0.4, 0.5) is 15.8 Å². The molecule has 1 fully saturated rings.